The average molecular weight is 154 g/mol. The second-order valence-electron chi connectivity index (χ2n) is 3.78. The second kappa shape index (κ2) is 4.32. The van der Waals surface area contributed by atoms with E-state index in [1.54, 1.807) is 0 Å². The molecule has 0 saturated heterocycles. The van der Waals surface area contributed by atoms with Crippen molar-refractivity contribution < 1.29 is 4.79 Å². The lowest BCUT2D eigenvalue weighted by Crippen LogP contribution is -2.21. The van der Waals surface area contributed by atoms with Crippen LogP contribution in [-0.4, -0.2) is 6.29 Å². The molecule has 0 bridgehead atoms. The SMILES string of the molecule is C=CCC(C)C(C)(C)CC=O. The molecule has 0 aromatic carbocycles. The van der Waals surface area contributed by atoms with Crippen LogP contribution >= 0.6 is 0 Å². The normalized spacial score (nSPS) is 14.1. The summed E-state index contributed by atoms with van der Waals surface area (Å²) in [6, 6.07) is 0. The van der Waals surface area contributed by atoms with Crippen LogP contribution in [0.4, 0.5) is 0 Å². The standard InChI is InChI=1S/C10H18O/c1-5-6-9(2)10(3,4)7-8-11/h5,8-9H,1,6-7H2,2-4H3. The minimum atomic E-state index is 0.121. The lowest BCUT2D eigenvalue weighted by atomic mass is 9.76. The van der Waals surface area contributed by atoms with Crippen molar-refractivity contribution in [2.24, 2.45) is 11.3 Å². The van der Waals surface area contributed by atoms with E-state index < -0.39 is 0 Å². The minimum Gasteiger partial charge on any atom is -0.303 e. The van der Waals surface area contributed by atoms with Crippen molar-refractivity contribution in [2.45, 2.75) is 33.6 Å². The van der Waals surface area contributed by atoms with Crippen molar-refractivity contribution in [3.8, 4) is 0 Å². The predicted molar refractivity (Wildman–Crippen MR) is 48.4 cm³/mol. The molecule has 64 valence electrons. The van der Waals surface area contributed by atoms with E-state index in [1.165, 1.54) is 0 Å². The molecular weight excluding hydrogens is 136 g/mol. The van der Waals surface area contributed by atoms with Crippen molar-refractivity contribution in [2.75, 3.05) is 0 Å². The van der Waals surface area contributed by atoms with Gasteiger partial charge in [-0.2, -0.15) is 0 Å². The van der Waals surface area contributed by atoms with Crippen LogP contribution in [0.25, 0.3) is 0 Å². The maximum Gasteiger partial charge on any atom is 0.120 e. The summed E-state index contributed by atoms with van der Waals surface area (Å²) >= 11 is 0. The lowest BCUT2D eigenvalue weighted by molar-refractivity contribution is -0.110. The highest BCUT2D eigenvalue weighted by Gasteiger charge is 2.23. The molecule has 0 amide bonds. The molecule has 1 nitrogen and oxygen atoms in total. The zero-order valence-corrected chi connectivity index (χ0v) is 7.76. The number of rotatable bonds is 5. The summed E-state index contributed by atoms with van der Waals surface area (Å²) in [5.74, 6) is 0.533. The highest BCUT2D eigenvalue weighted by atomic mass is 16.1. The van der Waals surface area contributed by atoms with Gasteiger partial charge in [0, 0.05) is 6.42 Å². The lowest BCUT2D eigenvalue weighted by Gasteiger charge is -2.28. The Morgan fingerprint density at radius 2 is 2.09 bits per heavy atom. The molecule has 0 rings (SSSR count). The number of hydrogen-bond acceptors (Lipinski definition) is 1. The molecule has 0 heterocycles. The number of aldehydes is 1. The summed E-state index contributed by atoms with van der Waals surface area (Å²) < 4.78 is 0. The van der Waals surface area contributed by atoms with Crippen LogP contribution in [0.15, 0.2) is 12.7 Å². The van der Waals surface area contributed by atoms with Gasteiger partial charge in [-0.25, -0.2) is 0 Å². The molecule has 0 aromatic rings. The van der Waals surface area contributed by atoms with Crippen molar-refractivity contribution in [3.05, 3.63) is 12.7 Å². The number of carbonyl (C=O) groups excluding carboxylic acids is 1. The first-order valence-corrected chi connectivity index (χ1v) is 4.09. The molecule has 0 aromatic heterocycles. The molecule has 0 radical (unpaired) electrons. The van der Waals surface area contributed by atoms with E-state index in [0.29, 0.717) is 12.3 Å². The zero-order valence-electron chi connectivity index (χ0n) is 7.76. The van der Waals surface area contributed by atoms with Gasteiger partial charge in [-0.05, 0) is 17.8 Å². The van der Waals surface area contributed by atoms with Crippen LogP contribution in [0.3, 0.4) is 0 Å². The Morgan fingerprint density at radius 1 is 1.55 bits per heavy atom. The fourth-order valence-corrected chi connectivity index (χ4v) is 0.985. The van der Waals surface area contributed by atoms with Crippen LogP contribution in [0.1, 0.15) is 33.6 Å². The molecular formula is C10H18O. The van der Waals surface area contributed by atoms with Crippen molar-refractivity contribution in [3.63, 3.8) is 0 Å². The molecule has 1 heteroatoms. The predicted octanol–water partition coefficient (Wildman–Crippen LogP) is 2.81. The maximum absolute atomic E-state index is 10.3. The van der Waals surface area contributed by atoms with Gasteiger partial charge >= 0.3 is 0 Å². The van der Waals surface area contributed by atoms with Crippen LogP contribution in [-0.2, 0) is 4.79 Å². The van der Waals surface area contributed by atoms with E-state index in [4.69, 9.17) is 0 Å². The quantitative estimate of drug-likeness (QED) is 0.439. The molecule has 0 N–H and O–H groups in total. The Bertz CT molecular complexity index is 136. The van der Waals surface area contributed by atoms with Gasteiger partial charge in [0.05, 0.1) is 0 Å². The highest BCUT2D eigenvalue weighted by Crippen LogP contribution is 2.31. The molecule has 0 fully saturated rings. The smallest absolute Gasteiger partial charge is 0.120 e. The first-order chi connectivity index (χ1) is 5.04. The third-order valence-corrected chi connectivity index (χ3v) is 2.46. The third kappa shape index (κ3) is 3.35. The summed E-state index contributed by atoms with van der Waals surface area (Å²) in [5.41, 5.74) is 0.121. The molecule has 0 aliphatic carbocycles. The second-order valence-corrected chi connectivity index (χ2v) is 3.78. The zero-order chi connectivity index (χ0) is 8.91. The molecule has 0 spiro atoms. The van der Waals surface area contributed by atoms with Crippen LogP contribution in [0.5, 0.6) is 0 Å². The minimum absolute atomic E-state index is 0.121. The van der Waals surface area contributed by atoms with Gasteiger partial charge in [-0.3, -0.25) is 0 Å². The Kier molecular flexibility index (Phi) is 4.09. The topological polar surface area (TPSA) is 17.1 Å². The van der Waals surface area contributed by atoms with E-state index in [2.05, 4.69) is 27.4 Å². The number of allylic oxidation sites excluding steroid dienone is 1. The fourth-order valence-electron chi connectivity index (χ4n) is 0.985. The van der Waals surface area contributed by atoms with Gasteiger partial charge in [0.2, 0.25) is 0 Å². The van der Waals surface area contributed by atoms with Crippen molar-refractivity contribution in [1.82, 2.24) is 0 Å². The molecule has 0 saturated carbocycles. The summed E-state index contributed by atoms with van der Waals surface area (Å²) in [7, 11) is 0. The first-order valence-electron chi connectivity index (χ1n) is 4.09. The van der Waals surface area contributed by atoms with Crippen molar-refractivity contribution >= 4 is 6.29 Å². The largest absolute Gasteiger partial charge is 0.303 e. The first kappa shape index (κ1) is 10.4. The van der Waals surface area contributed by atoms with E-state index in [9.17, 15) is 4.79 Å². The van der Waals surface area contributed by atoms with Gasteiger partial charge in [-0.15, -0.1) is 6.58 Å². The monoisotopic (exact) mass is 154 g/mol. The molecule has 1 unspecified atom stereocenters. The Labute approximate surface area is 69.5 Å². The molecule has 11 heavy (non-hydrogen) atoms. The van der Waals surface area contributed by atoms with Crippen LogP contribution < -0.4 is 0 Å². The van der Waals surface area contributed by atoms with Gasteiger partial charge in [-0.1, -0.05) is 26.8 Å². The molecule has 0 aliphatic rings. The average Bonchev–Trinajstić information content (AvgIpc) is 1.88. The summed E-state index contributed by atoms with van der Waals surface area (Å²) in [6.07, 6.45) is 4.54. The fraction of sp³-hybridized carbons (Fsp3) is 0.700. The van der Waals surface area contributed by atoms with Crippen LogP contribution in [0.2, 0.25) is 0 Å². The number of carbonyl (C=O) groups is 1. The third-order valence-electron chi connectivity index (χ3n) is 2.46. The van der Waals surface area contributed by atoms with E-state index >= 15 is 0 Å². The van der Waals surface area contributed by atoms with Gasteiger partial charge < -0.3 is 4.79 Å². The van der Waals surface area contributed by atoms with E-state index in [-0.39, 0.29) is 5.41 Å². The van der Waals surface area contributed by atoms with Gasteiger partial charge in [0.15, 0.2) is 0 Å². The Hall–Kier alpha value is -0.590. The molecule has 1 atom stereocenters. The van der Waals surface area contributed by atoms with E-state index in [0.717, 1.165) is 12.7 Å². The summed E-state index contributed by atoms with van der Waals surface area (Å²) in [4.78, 5) is 10.3. The van der Waals surface area contributed by atoms with E-state index in [1.807, 2.05) is 6.08 Å². The Morgan fingerprint density at radius 3 is 2.45 bits per heavy atom. The van der Waals surface area contributed by atoms with Crippen molar-refractivity contribution in [1.29, 1.82) is 0 Å². The summed E-state index contributed by atoms with van der Waals surface area (Å²) in [6.45, 7) is 10.1. The highest BCUT2D eigenvalue weighted by molar-refractivity contribution is 5.50. The maximum atomic E-state index is 10.3. The molecule has 0 aliphatic heterocycles. The summed E-state index contributed by atoms with van der Waals surface area (Å²) in [5, 5.41) is 0. The van der Waals surface area contributed by atoms with Gasteiger partial charge in [0.25, 0.3) is 0 Å². The van der Waals surface area contributed by atoms with Crippen LogP contribution in [0, 0.1) is 11.3 Å². The number of hydrogen-bond donors (Lipinski definition) is 0. The Balaban J connectivity index is 4.03. The van der Waals surface area contributed by atoms with Gasteiger partial charge in [0.1, 0.15) is 6.29 Å².